The van der Waals surface area contributed by atoms with E-state index in [1.807, 2.05) is 16.9 Å². The number of likely N-dealkylation sites (tertiary alicyclic amines) is 1. The summed E-state index contributed by atoms with van der Waals surface area (Å²) in [6.07, 6.45) is 5.17. The molecule has 2 aromatic rings. The topological polar surface area (TPSA) is 47.1 Å². The van der Waals surface area contributed by atoms with Crippen LogP contribution in [0.25, 0.3) is 5.69 Å². The van der Waals surface area contributed by atoms with Gasteiger partial charge in [-0.25, -0.2) is 4.68 Å². The van der Waals surface area contributed by atoms with Crippen LogP contribution < -0.4 is 5.73 Å². The molecule has 3 rings (SSSR count). The first-order valence-corrected chi connectivity index (χ1v) is 6.80. The number of para-hydroxylation sites is 1. The van der Waals surface area contributed by atoms with Crippen molar-refractivity contribution in [2.24, 2.45) is 5.73 Å². The Hall–Kier alpha value is -1.65. The number of hydrogen-bond donors (Lipinski definition) is 1. The predicted molar refractivity (Wildman–Crippen MR) is 76.2 cm³/mol. The van der Waals surface area contributed by atoms with Gasteiger partial charge in [-0.2, -0.15) is 5.10 Å². The Balaban J connectivity index is 1.75. The summed E-state index contributed by atoms with van der Waals surface area (Å²) in [6.45, 7) is 5.14. The van der Waals surface area contributed by atoms with E-state index in [9.17, 15) is 0 Å². The zero-order chi connectivity index (χ0) is 13.2. The van der Waals surface area contributed by atoms with Crippen LogP contribution in [-0.4, -0.2) is 33.8 Å². The molecule has 0 spiro atoms. The van der Waals surface area contributed by atoms with Crippen LogP contribution in [0.3, 0.4) is 0 Å². The Bertz CT molecular complexity index is 561. The third kappa shape index (κ3) is 2.69. The lowest BCUT2D eigenvalue weighted by Crippen LogP contribution is -2.26. The largest absolute Gasteiger partial charge is 0.326 e. The molecule has 19 heavy (non-hydrogen) atoms. The number of rotatable bonds is 3. The Kier molecular flexibility index (Phi) is 3.36. The van der Waals surface area contributed by atoms with Crippen molar-refractivity contribution in [1.29, 1.82) is 0 Å². The minimum absolute atomic E-state index is 0.339. The molecule has 1 atom stereocenters. The van der Waals surface area contributed by atoms with E-state index < -0.39 is 0 Å². The summed E-state index contributed by atoms with van der Waals surface area (Å²) in [5.74, 6) is 0. The molecule has 100 valence electrons. The fraction of sp³-hybridized carbons (Fsp3) is 0.400. The summed E-state index contributed by atoms with van der Waals surface area (Å²) in [5, 5.41) is 4.47. The van der Waals surface area contributed by atoms with Crippen molar-refractivity contribution >= 4 is 0 Å². The van der Waals surface area contributed by atoms with Crippen LogP contribution in [0.4, 0.5) is 0 Å². The van der Waals surface area contributed by atoms with E-state index in [0.29, 0.717) is 6.04 Å². The highest BCUT2D eigenvalue weighted by Crippen LogP contribution is 2.15. The standard InChI is InChI=1S/C15H20N4/c1-12-4-2-3-5-15(12)19-10-13(8-17-19)9-18-7-6-14(16)11-18/h2-5,8,10,14H,6-7,9,11,16H2,1H3/t14-/m1/s1. The van der Waals surface area contributed by atoms with Crippen LogP contribution in [0.2, 0.25) is 0 Å². The van der Waals surface area contributed by atoms with Crippen molar-refractivity contribution in [3.63, 3.8) is 0 Å². The highest BCUT2D eigenvalue weighted by molar-refractivity contribution is 5.39. The average molecular weight is 256 g/mol. The SMILES string of the molecule is Cc1ccccc1-n1cc(CN2CC[C@@H](N)C2)cn1. The molecule has 0 amide bonds. The summed E-state index contributed by atoms with van der Waals surface area (Å²) >= 11 is 0. The average Bonchev–Trinajstić information content (AvgIpc) is 3.00. The van der Waals surface area contributed by atoms with Gasteiger partial charge in [0.25, 0.3) is 0 Å². The smallest absolute Gasteiger partial charge is 0.0674 e. The Morgan fingerprint density at radius 3 is 2.95 bits per heavy atom. The molecule has 1 aromatic carbocycles. The lowest BCUT2D eigenvalue weighted by Gasteiger charge is -2.13. The molecule has 4 nitrogen and oxygen atoms in total. The van der Waals surface area contributed by atoms with Crippen molar-refractivity contribution in [2.75, 3.05) is 13.1 Å². The molecule has 4 heteroatoms. The number of nitrogens with two attached hydrogens (primary N) is 1. The second kappa shape index (κ2) is 5.15. The third-order valence-corrected chi connectivity index (χ3v) is 3.71. The molecule has 0 radical (unpaired) electrons. The minimum atomic E-state index is 0.339. The van der Waals surface area contributed by atoms with Crippen molar-refractivity contribution in [3.8, 4) is 5.69 Å². The highest BCUT2D eigenvalue weighted by atomic mass is 15.3. The van der Waals surface area contributed by atoms with Crippen molar-refractivity contribution < 1.29 is 0 Å². The van der Waals surface area contributed by atoms with E-state index in [2.05, 4.69) is 41.3 Å². The summed E-state index contributed by atoms with van der Waals surface area (Å²) in [5.41, 5.74) is 9.56. The maximum Gasteiger partial charge on any atom is 0.0674 e. The van der Waals surface area contributed by atoms with E-state index in [1.165, 1.54) is 11.1 Å². The van der Waals surface area contributed by atoms with E-state index in [-0.39, 0.29) is 0 Å². The minimum Gasteiger partial charge on any atom is -0.326 e. The molecule has 0 bridgehead atoms. The second-order valence-electron chi connectivity index (χ2n) is 5.36. The van der Waals surface area contributed by atoms with Gasteiger partial charge in [-0.05, 0) is 25.0 Å². The highest BCUT2D eigenvalue weighted by Gasteiger charge is 2.19. The monoisotopic (exact) mass is 256 g/mol. The molecule has 2 heterocycles. The summed E-state index contributed by atoms with van der Waals surface area (Å²) in [7, 11) is 0. The van der Waals surface area contributed by atoms with Crippen LogP contribution in [-0.2, 0) is 6.54 Å². The Morgan fingerprint density at radius 1 is 1.37 bits per heavy atom. The normalized spacial score (nSPS) is 20.0. The van der Waals surface area contributed by atoms with Gasteiger partial charge in [-0.1, -0.05) is 18.2 Å². The van der Waals surface area contributed by atoms with Crippen molar-refractivity contribution in [1.82, 2.24) is 14.7 Å². The van der Waals surface area contributed by atoms with Gasteiger partial charge in [0.2, 0.25) is 0 Å². The molecule has 1 fully saturated rings. The quantitative estimate of drug-likeness (QED) is 0.909. The van der Waals surface area contributed by atoms with Crippen LogP contribution >= 0.6 is 0 Å². The zero-order valence-corrected chi connectivity index (χ0v) is 11.3. The van der Waals surface area contributed by atoms with Gasteiger partial charge in [0.05, 0.1) is 11.9 Å². The number of hydrogen-bond acceptors (Lipinski definition) is 3. The van der Waals surface area contributed by atoms with E-state index in [4.69, 9.17) is 5.73 Å². The summed E-state index contributed by atoms with van der Waals surface area (Å²) < 4.78 is 1.96. The van der Waals surface area contributed by atoms with Crippen molar-refractivity contribution in [3.05, 3.63) is 47.8 Å². The third-order valence-electron chi connectivity index (χ3n) is 3.71. The molecule has 1 aliphatic rings. The predicted octanol–water partition coefficient (Wildman–Crippen LogP) is 1.71. The first-order valence-electron chi connectivity index (χ1n) is 6.80. The number of benzene rings is 1. The van der Waals surface area contributed by atoms with E-state index in [0.717, 1.165) is 31.7 Å². The van der Waals surface area contributed by atoms with Crippen LogP contribution in [0.15, 0.2) is 36.7 Å². The van der Waals surface area contributed by atoms with E-state index in [1.54, 1.807) is 0 Å². The molecular weight excluding hydrogens is 236 g/mol. The molecular formula is C15H20N4. The molecule has 2 N–H and O–H groups in total. The van der Waals surface area contributed by atoms with Crippen molar-refractivity contribution in [2.45, 2.75) is 25.9 Å². The molecule has 0 unspecified atom stereocenters. The Morgan fingerprint density at radius 2 is 2.21 bits per heavy atom. The number of nitrogens with zero attached hydrogens (tertiary/aromatic N) is 3. The van der Waals surface area contributed by atoms with Gasteiger partial charge in [0.15, 0.2) is 0 Å². The van der Waals surface area contributed by atoms with Gasteiger partial charge in [-0.3, -0.25) is 4.90 Å². The maximum absolute atomic E-state index is 5.93. The number of aromatic nitrogens is 2. The van der Waals surface area contributed by atoms with Crippen LogP contribution in [0, 0.1) is 6.92 Å². The van der Waals surface area contributed by atoms with Gasteiger partial charge < -0.3 is 5.73 Å². The lowest BCUT2D eigenvalue weighted by atomic mass is 10.2. The lowest BCUT2D eigenvalue weighted by molar-refractivity contribution is 0.327. The van der Waals surface area contributed by atoms with Gasteiger partial charge in [0, 0.05) is 37.4 Å². The second-order valence-corrected chi connectivity index (χ2v) is 5.36. The van der Waals surface area contributed by atoms with Crippen LogP contribution in [0.5, 0.6) is 0 Å². The molecule has 1 aliphatic heterocycles. The van der Waals surface area contributed by atoms with Gasteiger partial charge in [0.1, 0.15) is 0 Å². The molecule has 0 aliphatic carbocycles. The molecule has 1 saturated heterocycles. The molecule has 0 saturated carbocycles. The van der Waals surface area contributed by atoms with Gasteiger partial charge in [-0.15, -0.1) is 0 Å². The first-order chi connectivity index (χ1) is 9.22. The summed E-state index contributed by atoms with van der Waals surface area (Å²) in [6, 6.07) is 8.64. The number of aryl methyl sites for hydroxylation is 1. The fourth-order valence-electron chi connectivity index (χ4n) is 2.66. The molecule has 1 aromatic heterocycles. The summed E-state index contributed by atoms with van der Waals surface area (Å²) in [4.78, 5) is 2.39. The zero-order valence-electron chi connectivity index (χ0n) is 11.3. The maximum atomic E-state index is 5.93. The van der Waals surface area contributed by atoms with Crippen LogP contribution in [0.1, 0.15) is 17.5 Å². The fourth-order valence-corrected chi connectivity index (χ4v) is 2.66. The first kappa shape index (κ1) is 12.4. The van der Waals surface area contributed by atoms with E-state index >= 15 is 0 Å². The Labute approximate surface area is 113 Å². The van der Waals surface area contributed by atoms with Gasteiger partial charge >= 0.3 is 0 Å².